The van der Waals surface area contributed by atoms with Crippen molar-refractivity contribution in [3.8, 4) is 0 Å². The Morgan fingerprint density at radius 1 is 0.905 bits per heavy atom. The van der Waals surface area contributed by atoms with Crippen LogP contribution in [0.4, 0.5) is 0 Å². The summed E-state index contributed by atoms with van der Waals surface area (Å²) in [5, 5.41) is 0. The van der Waals surface area contributed by atoms with Gasteiger partial charge in [-0.1, -0.05) is 79.1 Å². The zero-order valence-corrected chi connectivity index (χ0v) is 15.3. The van der Waals surface area contributed by atoms with Gasteiger partial charge in [-0.2, -0.15) is 0 Å². The predicted octanol–water partition coefficient (Wildman–Crippen LogP) is 4.84. The largest absolute Gasteiger partial charge is 0.370 e. The molecule has 0 aromatic carbocycles. The molecule has 0 aliphatic rings. The summed E-state index contributed by atoms with van der Waals surface area (Å²) in [7, 11) is 0. The molecule has 0 heterocycles. The van der Waals surface area contributed by atoms with Crippen LogP contribution in [0.1, 0.15) is 92.9 Å². The number of nitrogens with zero attached hydrogens (tertiary/aromatic N) is 1. The molecule has 0 aliphatic heterocycles. The first kappa shape index (κ1) is 20.3. The van der Waals surface area contributed by atoms with Gasteiger partial charge in [0.2, 0.25) is 0 Å². The van der Waals surface area contributed by atoms with Gasteiger partial charge in [0.15, 0.2) is 5.96 Å². The van der Waals surface area contributed by atoms with Gasteiger partial charge in [0, 0.05) is 0 Å². The first-order chi connectivity index (χ1) is 9.65. The fourth-order valence-corrected chi connectivity index (χ4v) is 2.84. The van der Waals surface area contributed by atoms with E-state index in [2.05, 4.69) is 46.5 Å². The maximum Gasteiger partial charge on any atom is 0.186 e. The van der Waals surface area contributed by atoms with Crippen molar-refractivity contribution in [2.75, 3.05) is 0 Å². The van der Waals surface area contributed by atoms with E-state index in [4.69, 9.17) is 11.5 Å². The Labute approximate surface area is 133 Å². The fraction of sp³-hybridized carbons (Fsp3) is 0.944. The number of unbranched alkanes of at least 4 members (excludes halogenated alkanes) is 6. The number of hydrogen-bond acceptors (Lipinski definition) is 1. The number of guanidine groups is 1. The van der Waals surface area contributed by atoms with Gasteiger partial charge < -0.3 is 11.5 Å². The molecule has 0 radical (unpaired) electrons. The minimum Gasteiger partial charge on any atom is -0.370 e. The van der Waals surface area contributed by atoms with Crippen LogP contribution >= 0.6 is 0 Å². The number of aliphatic imine (C=N–C) groups is 1. The zero-order chi connectivity index (χ0) is 16.5. The molecule has 1 atom stereocenters. The van der Waals surface area contributed by atoms with E-state index in [-0.39, 0.29) is 16.9 Å². The second-order valence-electron chi connectivity index (χ2n) is 7.63. The van der Waals surface area contributed by atoms with Crippen LogP contribution in [-0.4, -0.2) is 11.5 Å². The smallest absolute Gasteiger partial charge is 0.186 e. The SMILES string of the molecule is CCCCCCCCCC(C)C(C)(C)C(C)(C)N=C(N)N. The van der Waals surface area contributed by atoms with Gasteiger partial charge >= 0.3 is 0 Å². The van der Waals surface area contributed by atoms with E-state index in [0.29, 0.717) is 5.92 Å². The van der Waals surface area contributed by atoms with Crippen LogP contribution in [0.15, 0.2) is 4.99 Å². The summed E-state index contributed by atoms with van der Waals surface area (Å²) in [6.07, 6.45) is 10.8. The van der Waals surface area contributed by atoms with E-state index in [9.17, 15) is 0 Å². The minimum atomic E-state index is -0.230. The lowest BCUT2D eigenvalue weighted by Crippen LogP contribution is -2.44. The van der Waals surface area contributed by atoms with Crippen molar-refractivity contribution in [3.63, 3.8) is 0 Å². The maximum absolute atomic E-state index is 5.58. The van der Waals surface area contributed by atoms with Crippen LogP contribution in [0.5, 0.6) is 0 Å². The standard InChI is InChI=1S/C18H39N3/c1-7-8-9-10-11-12-13-14-15(2)17(3,4)18(5,6)21-16(19)20/h15H,7-14H2,1-6H3,(H4,19,20,21). The molecule has 0 spiro atoms. The van der Waals surface area contributed by atoms with Gasteiger partial charge in [-0.05, 0) is 25.2 Å². The van der Waals surface area contributed by atoms with E-state index in [1.807, 2.05) is 0 Å². The van der Waals surface area contributed by atoms with Crippen LogP contribution in [0, 0.1) is 11.3 Å². The van der Waals surface area contributed by atoms with Crippen molar-refractivity contribution in [1.29, 1.82) is 0 Å². The quantitative estimate of drug-likeness (QED) is 0.325. The first-order valence-corrected chi connectivity index (χ1v) is 8.76. The van der Waals surface area contributed by atoms with Gasteiger partial charge in [0.05, 0.1) is 5.54 Å². The number of nitrogens with two attached hydrogens (primary N) is 2. The molecule has 0 aromatic heterocycles. The molecule has 0 saturated heterocycles. The monoisotopic (exact) mass is 297 g/mol. The molecule has 0 fully saturated rings. The molecular weight excluding hydrogens is 258 g/mol. The van der Waals surface area contributed by atoms with E-state index in [1.54, 1.807) is 0 Å². The van der Waals surface area contributed by atoms with Crippen LogP contribution in [0.3, 0.4) is 0 Å². The van der Waals surface area contributed by atoms with Gasteiger partial charge in [-0.25, -0.2) is 4.99 Å². The molecule has 3 heteroatoms. The highest BCUT2D eigenvalue weighted by atomic mass is 15.0. The average Bonchev–Trinajstić information content (AvgIpc) is 2.35. The summed E-state index contributed by atoms with van der Waals surface area (Å²) in [4.78, 5) is 4.45. The third-order valence-corrected chi connectivity index (χ3v) is 5.46. The zero-order valence-electron chi connectivity index (χ0n) is 15.3. The second kappa shape index (κ2) is 9.32. The summed E-state index contributed by atoms with van der Waals surface area (Å²) in [6.45, 7) is 13.4. The lowest BCUT2D eigenvalue weighted by molar-refractivity contribution is 0.112. The van der Waals surface area contributed by atoms with Crippen LogP contribution in [-0.2, 0) is 0 Å². The highest BCUT2D eigenvalue weighted by molar-refractivity contribution is 5.76. The lowest BCUT2D eigenvalue weighted by atomic mass is 9.65. The first-order valence-electron chi connectivity index (χ1n) is 8.76. The van der Waals surface area contributed by atoms with E-state index in [1.165, 1.54) is 51.4 Å². The maximum atomic E-state index is 5.58. The molecule has 0 aliphatic carbocycles. The Bertz CT molecular complexity index is 302. The molecule has 0 amide bonds. The van der Waals surface area contributed by atoms with Gasteiger partial charge in [-0.15, -0.1) is 0 Å². The molecular formula is C18H39N3. The number of rotatable bonds is 11. The Hall–Kier alpha value is -0.730. The normalized spacial score (nSPS) is 14.0. The fourth-order valence-electron chi connectivity index (χ4n) is 2.84. The van der Waals surface area contributed by atoms with Crippen LogP contribution < -0.4 is 11.5 Å². The third kappa shape index (κ3) is 7.19. The van der Waals surface area contributed by atoms with Crippen molar-refractivity contribution >= 4 is 5.96 Å². The van der Waals surface area contributed by atoms with Gasteiger partial charge in [-0.3, -0.25) is 0 Å². The van der Waals surface area contributed by atoms with Crippen molar-refractivity contribution in [2.45, 2.75) is 98.4 Å². The summed E-state index contributed by atoms with van der Waals surface area (Å²) < 4.78 is 0. The Morgan fingerprint density at radius 2 is 1.38 bits per heavy atom. The van der Waals surface area contributed by atoms with Crippen molar-refractivity contribution in [1.82, 2.24) is 0 Å². The molecule has 0 aromatic rings. The van der Waals surface area contributed by atoms with Gasteiger partial charge in [0.25, 0.3) is 0 Å². The Morgan fingerprint density at radius 3 is 1.86 bits per heavy atom. The summed E-state index contributed by atoms with van der Waals surface area (Å²) in [5.74, 6) is 0.794. The van der Waals surface area contributed by atoms with Crippen molar-refractivity contribution in [2.24, 2.45) is 27.8 Å². The lowest BCUT2D eigenvalue weighted by Gasteiger charge is -2.43. The summed E-state index contributed by atoms with van der Waals surface area (Å²) in [5.41, 5.74) is 11.0. The van der Waals surface area contributed by atoms with Crippen molar-refractivity contribution in [3.05, 3.63) is 0 Å². The van der Waals surface area contributed by atoms with Crippen molar-refractivity contribution < 1.29 is 0 Å². The topological polar surface area (TPSA) is 64.4 Å². The Balaban J connectivity index is 4.19. The predicted molar refractivity (Wildman–Crippen MR) is 95.4 cm³/mol. The minimum absolute atomic E-state index is 0.0825. The molecule has 1 unspecified atom stereocenters. The molecule has 21 heavy (non-hydrogen) atoms. The molecule has 3 nitrogen and oxygen atoms in total. The van der Waals surface area contributed by atoms with Crippen LogP contribution in [0.2, 0.25) is 0 Å². The molecule has 0 rings (SSSR count). The summed E-state index contributed by atoms with van der Waals surface area (Å²) in [6, 6.07) is 0. The van der Waals surface area contributed by atoms with Crippen LogP contribution in [0.25, 0.3) is 0 Å². The third-order valence-electron chi connectivity index (χ3n) is 5.46. The molecule has 126 valence electrons. The summed E-state index contributed by atoms with van der Waals surface area (Å²) >= 11 is 0. The highest BCUT2D eigenvalue weighted by Gasteiger charge is 2.40. The van der Waals surface area contributed by atoms with E-state index < -0.39 is 0 Å². The number of hydrogen-bond donors (Lipinski definition) is 2. The van der Waals surface area contributed by atoms with E-state index in [0.717, 1.165) is 0 Å². The molecule has 0 bridgehead atoms. The Kier molecular flexibility index (Phi) is 9.00. The van der Waals surface area contributed by atoms with E-state index >= 15 is 0 Å². The molecule has 0 saturated carbocycles. The molecule has 4 N–H and O–H groups in total. The average molecular weight is 298 g/mol. The second-order valence-corrected chi connectivity index (χ2v) is 7.63. The highest BCUT2D eigenvalue weighted by Crippen LogP contribution is 2.42. The van der Waals surface area contributed by atoms with Gasteiger partial charge in [0.1, 0.15) is 0 Å².